The van der Waals surface area contributed by atoms with Gasteiger partial charge < -0.3 is 4.57 Å². The van der Waals surface area contributed by atoms with Crippen LogP contribution in [0.1, 0.15) is 4.88 Å². The minimum absolute atomic E-state index is 0.567. The van der Waals surface area contributed by atoms with Crippen molar-refractivity contribution in [2.45, 2.75) is 6.92 Å². The van der Waals surface area contributed by atoms with Crippen molar-refractivity contribution in [1.29, 1.82) is 5.41 Å². The molecule has 0 fully saturated rings. The smallest absolute Gasteiger partial charge is 0.182 e. The number of nitrogens with one attached hydrogen (secondary N) is 1. The van der Waals surface area contributed by atoms with Gasteiger partial charge in [-0.05, 0) is 24.6 Å². The van der Waals surface area contributed by atoms with Gasteiger partial charge in [-0.3, -0.25) is 5.41 Å². The number of thiazole rings is 1. The summed E-state index contributed by atoms with van der Waals surface area (Å²) in [6, 6.07) is 7.71. The van der Waals surface area contributed by atoms with Crippen LogP contribution in [0.25, 0.3) is 11.3 Å². The molecule has 0 radical (unpaired) electrons. The molecule has 4 heteroatoms. The van der Waals surface area contributed by atoms with E-state index < -0.39 is 0 Å². The Kier molecular flexibility index (Phi) is 2.67. The SMILES string of the molecule is Cc1sc(=N)n(C)c1-c1ccc(Cl)cc1. The molecule has 1 heterocycles. The summed E-state index contributed by atoms with van der Waals surface area (Å²) in [5, 5.41) is 8.46. The summed E-state index contributed by atoms with van der Waals surface area (Å²) < 4.78 is 1.89. The fraction of sp³-hybridized carbons (Fsp3) is 0.182. The highest BCUT2D eigenvalue weighted by molar-refractivity contribution is 7.09. The van der Waals surface area contributed by atoms with Crippen molar-refractivity contribution < 1.29 is 0 Å². The zero-order valence-electron chi connectivity index (χ0n) is 8.54. The largest absolute Gasteiger partial charge is 0.320 e. The summed E-state index contributed by atoms with van der Waals surface area (Å²) in [6.07, 6.45) is 0. The molecule has 1 N–H and O–H groups in total. The first-order valence-corrected chi connectivity index (χ1v) is 5.76. The van der Waals surface area contributed by atoms with E-state index in [4.69, 9.17) is 17.0 Å². The molecule has 0 aliphatic heterocycles. The van der Waals surface area contributed by atoms with E-state index in [1.807, 2.05) is 42.8 Å². The van der Waals surface area contributed by atoms with E-state index in [9.17, 15) is 0 Å². The minimum atomic E-state index is 0.567. The lowest BCUT2D eigenvalue weighted by molar-refractivity contribution is 0.864. The fourth-order valence-corrected chi connectivity index (χ4v) is 2.60. The summed E-state index contributed by atoms with van der Waals surface area (Å²) >= 11 is 7.33. The Morgan fingerprint density at radius 3 is 2.33 bits per heavy atom. The van der Waals surface area contributed by atoms with Gasteiger partial charge in [-0.2, -0.15) is 0 Å². The third-order valence-electron chi connectivity index (χ3n) is 2.34. The van der Waals surface area contributed by atoms with E-state index in [0.29, 0.717) is 4.80 Å². The summed E-state index contributed by atoms with van der Waals surface area (Å²) in [4.78, 5) is 1.72. The Morgan fingerprint density at radius 2 is 1.87 bits per heavy atom. The predicted octanol–water partition coefficient (Wildman–Crippen LogP) is 3.19. The van der Waals surface area contributed by atoms with Crippen molar-refractivity contribution in [2.24, 2.45) is 7.05 Å². The highest BCUT2D eigenvalue weighted by Gasteiger charge is 2.08. The number of hydrogen-bond donors (Lipinski definition) is 1. The zero-order valence-corrected chi connectivity index (χ0v) is 10.1. The molecule has 0 spiro atoms. The number of rotatable bonds is 1. The van der Waals surface area contributed by atoms with Crippen LogP contribution in [0, 0.1) is 12.3 Å². The van der Waals surface area contributed by atoms with Crippen LogP contribution < -0.4 is 4.80 Å². The van der Waals surface area contributed by atoms with Crippen molar-refractivity contribution in [3.8, 4) is 11.3 Å². The summed E-state index contributed by atoms with van der Waals surface area (Å²) in [6.45, 7) is 2.03. The number of aromatic nitrogens is 1. The van der Waals surface area contributed by atoms with E-state index in [-0.39, 0.29) is 0 Å². The second kappa shape index (κ2) is 3.83. The van der Waals surface area contributed by atoms with Gasteiger partial charge in [0.2, 0.25) is 0 Å². The average Bonchev–Trinajstić information content (AvgIpc) is 2.44. The summed E-state index contributed by atoms with van der Waals surface area (Å²) in [7, 11) is 1.91. The van der Waals surface area contributed by atoms with Gasteiger partial charge in [0.1, 0.15) is 0 Å². The van der Waals surface area contributed by atoms with Crippen molar-refractivity contribution in [1.82, 2.24) is 4.57 Å². The molecule has 0 atom stereocenters. The number of halogens is 1. The third kappa shape index (κ3) is 1.85. The van der Waals surface area contributed by atoms with E-state index in [1.54, 1.807) is 0 Å². The quantitative estimate of drug-likeness (QED) is 0.791. The first kappa shape index (κ1) is 10.5. The minimum Gasteiger partial charge on any atom is -0.320 e. The van der Waals surface area contributed by atoms with E-state index in [0.717, 1.165) is 21.2 Å². The van der Waals surface area contributed by atoms with Crippen LogP contribution >= 0.6 is 22.9 Å². The maximum absolute atomic E-state index is 7.73. The molecule has 1 aromatic heterocycles. The Hall–Kier alpha value is -1.06. The Bertz CT molecular complexity index is 537. The zero-order chi connectivity index (χ0) is 11.0. The normalized spacial score (nSPS) is 10.6. The lowest BCUT2D eigenvalue weighted by Gasteiger charge is -2.04. The van der Waals surface area contributed by atoms with E-state index in [1.165, 1.54) is 11.3 Å². The molecule has 0 aliphatic carbocycles. The lowest BCUT2D eigenvalue weighted by atomic mass is 10.1. The topological polar surface area (TPSA) is 28.8 Å². The molecule has 0 bridgehead atoms. The maximum atomic E-state index is 7.73. The van der Waals surface area contributed by atoms with Crippen LogP contribution in [0.15, 0.2) is 24.3 Å². The molecule has 0 unspecified atom stereocenters. The van der Waals surface area contributed by atoms with Gasteiger partial charge in [0.05, 0.1) is 5.69 Å². The standard InChI is InChI=1S/C11H11ClN2S/c1-7-10(14(2)11(13)15-7)8-3-5-9(12)6-4-8/h3-6,13H,1-2H3. The number of hydrogen-bond acceptors (Lipinski definition) is 2. The van der Waals surface area contributed by atoms with Crippen molar-refractivity contribution >= 4 is 22.9 Å². The van der Waals surface area contributed by atoms with Gasteiger partial charge in [0, 0.05) is 16.9 Å². The highest BCUT2D eigenvalue weighted by atomic mass is 35.5. The predicted molar refractivity (Wildman–Crippen MR) is 64.3 cm³/mol. The monoisotopic (exact) mass is 238 g/mol. The van der Waals surface area contributed by atoms with Crippen LogP contribution in [-0.4, -0.2) is 4.57 Å². The van der Waals surface area contributed by atoms with Crippen molar-refractivity contribution in [3.05, 3.63) is 39.0 Å². The highest BCUT2D eigenvalue weighted by Crippen LogP contribution is 2.25. The first-order chi connectivity index (χ1) is 7.09. The van der Waals surface area contributed by atoms with Gasteiger partial charge in [-0.15, -0.1) is 11.3 Å². The second-order valence-corrected chi connectivity index (χ2v) is 5.02. The molecule has 2 aromatic rings. The molecule has 0 amide bonds. The van der Waals surface area contributed by atoms with Crippen LogP contribution in [0.3, 0.4) is 0 Å². The number of nitrogens with zero attached hydrogens (tertiary/aromatic N) is 1. The van der Waals surface area contributed by atoms with Crippen LogP contribution in [0.4, 0.5) is 0 Å². The average molecular weight is 239 g/mol. The summed E-state index contributed by atoms with van der Waals surface area (Å²) in [5.41, 5.74) is 2.20. The molecular weight excluding hydrogens is 228 g/mol. The van der Waals surface area contributed by atoms with Crippen LogP contribution in [-0.2, 0) is 7.05 Å². The second-order valence-electron chi connectivity index (χ2n) is 3.38. The van der Waals surface area contributed by atoms with Crippen molar-refractivity contribution in [3.63, 3.8) is 0 Å². The molecule has 78 valence electrons. The molecule has 15 heavy (non-hydrogen) atoms. The Balaban J connectivity index is 2.63. The van der Waals surface area contributed by atoms with Gasteiger partial charge in [0.25, 0.3) is 0 Å². The molecule has 2 nitrogen and oxygen atoms in total. The molecule has 2 rings (SSSR count). The van der Waals surface area contributed by atoms with Crippen molar-refractivity contribution in [2.75, 3.05) is 0 Å². The van der Waals surface area contributed by atoms with Gasteiger partial charge in [-0.25, -0.2) is 0 Å². The maximum Gasteiger partial charge on any atom is 0.182 e. The molecule has 0 saturated heterocycles. The van der Waals surface area contributed by atoms with Crippen LogP contribution in [0.2, 0.25) is 5.02 Å². The van der Waals surface area contributed by atoms with E-state index in [2.05, 4.69) is 0 Å². The number of benzene rings is 1. The van der Waals surface area contributed by atoms with Crippen LogP contribution in [0.5, 0.6) is 0 Å². The molecule has 0 aliphatic rings. The van der Waals surface area contributed by atoms with Gasteiger partial charge >= 0.3 is 0 Å². The molecular formula is C11H11ClN2S. The summed E-state index contributed by atoms with van der Waals surface area (Å²) in [5.74, 6) is 0. The number of aryl methyl sites for hydroxylation is 1. The molecule has 1 aromatic carbocycles. The fourth-order valence-electron chi connectivity index (χ4n) is 1.60. The third-order valence-corrected chi connectivity index (χ3v) is 3.56. The van der Waals surface area contributed by atoms with E-state index >= 15 is 0 Å². The van der Waals surface area contributed by atoms with Gasteiger partial charge in [0.15, 0.2) is 4.80 Å². The van der Waals surface area contributed by atoms with Gasteiger partial charge in [-0.1, -0.05) is 23.7 Å². The Morgan fingerprint density at radius 1 is 1.27 bits per heavy atom. The Labute approximate surface area is 97.3 Å². The molecule has 0 saturated carbocycles. The first-order valence-electron chi connectivity index (χ1n) is 4.56. The lowest BCUT2D eigenvalue weighted by Crippen LogP contribution is -2.08.